The molecular weight excluding hydrogens is 351 g/mol. The Balaban J connectivity index is 2.35. The zero-order chi connectivity index (χ0) is 18.6. The number of hydrogen-bond acceptors (Lipinski definition) is 5. The summed E-state index contributed by atoms with van der Waals surface area (Å²) in [6, 6.07) is 5.37. The molecule has 0 fully saturated rings. The molecule has 0 aliphatic rings. The summed E-state index contributed by atoms with van der Waals surface area (Å²) in [5.74, 6) is -1.08. The number of carbonyl (C=O) groups is 2. The second-order valence-electron chi connectivity index (χ2n) is 6.02. The second kappa shape index (κ2) is 7.48. The fraction of sp³-hybridized carbons (Fsp3) is 0.235. The molecule has 1 aromatic heterocycles. The summed E-state index contributed by atoms with van der Waals surface area (Å²) in [6.07, 6.45) is 0.992. The van der Waals surface area contributed by atoms with E-state index in [2.05, 4.69) is 10.3 Å². The van der Waals surface area contributed by atoms with Crippen LogP contribution < -0.4 is 10.1 Å². The summed E-state index contributed by atoms with van der Waals surface area (Å²) >= 11 is 5.92. The Morgan fingerprint density at radius 3 is 2.68 bits per heavy atom. The molecule has 1 heterocycles. The Hall–Kier alpha value is -2.67. The van der Waals surface area contributed by atoms with Crippen molar-refractivity contribution in [1.82, 2.24) is 4.98 Å². The number of anilines is 1. The number of aromatic nitrogens is 1. The van der Waals surface area contributed by atoms with Gasteiger partial charge < -0.3 is 9.47 Å². The number of para-hydroxylation sites is 1. The van der Waals surface area contributed by atoms with Crippen LogP contribution in [0.15, 0.2) is 30.5 Å². The average molecular weight is 367 g/mol. The van der Waals surface area contributed by atoms with E-state index in [4.69, 9.17) is 21.1 Å². The van der Waals surface area contributed by atoms with Crippen LogP contribution in [0, 0.1) is 5.82 Å². The van der Waals surface area contributed by atoms with E-state index in [-0.39, 0.29) is 27.9 Å². The van der Waals surface area contributed by atoms with Crippen molar-refractivity contribution < 1.29 is 23.5 Å². The third-order valence-electron chi connectivity index (χ3n) is 2.76. The van der Waals surface area contributed by atoms with E-state index in [0.717, 1.165) is 0 Å². The number of carbonyl (C=O) groups excluding carboxylic acids is 2. The maximum Gasteiger partial charge on any atom is 0.412 e. The van der Waals surface area contributed by atoms with Gasteiger partial charge in [-0.25, -0.2) is 14.2 Å². The van der Waals surface area contributed by atoms with Crippen molar-refractivity contribution in [1.29, 1.82) is 0 Å². The molecule has 0 unspecified atom stereocenters. The normalized spacial score (nSPS) is 10.9. The van der Waals surface area contributed by atoms with E-state index in [1.54, 1.807) is 20.8 Å². The van der Waals surface area contributed by atoms with E-state index in [0.29, 0.717) is 6.29 Å². The highest BCUT2D eigenvalue weighted by Gasteiger charge is 2.20. The van der Waals surface area contributed by atoms with Gasteiger partial charge in [0.1, 0.15) is 11.3 Å². The van der Waals surface area contributed by atoms with Gasteiger partial charge in [0.15, 0.2) is 17.9 Å². The van der Waals surface area contributed by atoms with Crippen LogP contribution >= 0.6 is 11.6 Å². The van der Waals surface area contributed by atoms with Gasteiger partial charge in [0.2, 0.25) is 5.88 Å². The van der Waals surface area contributed by atoms with Gasteiger partial charge in [-0.3, -0.25) is 10.1 Å². The fourth-order valence-electron chi connectivity index (χ4n) is 1.79. The first-order valence-corrected chi connectivity index (χ1v) is 7.64. The highest BCUT2D eigenvalue weighted by molar-refractivity contribution is 6.32. The van der Waals surface area contributed by atoms with Crippen molar-refractivity contribution in [3.8, 4) is 11.6 Å². The standard InChI is InChI=1S/C17H16ClFN2O4/c1-17(2,3)25-16(23)21-13-7-10(9-22)8-20-15(13)24-14-11(18)5-4-6-12(14)19/h4-9H,1-3H3,(H,21,23). The Morgan fingerprint density at radius 1 is 1.36 bits per heavy atom. The lowest BCUT2D eigenvalue weighted by Crippen LogP contribution is -2.27. The highest BCUT2D eigenvalue weighted by atomic mass is 35.5. The summed E-state index contributed by atoms with van der Waals surface area (Å²) in [7, 11) is 0. The fourth-order valence-corrected chi connectivity index (χ4v) is 2.00. The van der Waals surface area contributed by atoms with Crippen LogP contribution in [0.25, 0.3) is 0 Å². The predicted octanol–water partition coefficient (Wildman–Crippen LogP) is 4.83. The van der Waals surface area contributed by atoms with E-state index in [1.807, 2.05) is 0 Å². The minimum absolute atomic E-state index is 0.0319. The Labute approximate surface area is 148 Å². The number of halogens is 2. The molecule has 1 N–H and O–H groups in total. The molecule has 1 aromatic carbocycles. The zero-order valence-electron chi connectivity index (χ0n) is 13.8. The zero-order valence-corrected chi connectivity index (χ0v) is 14.6. The summed E-state index contributed by atoms with van der Waals surface area (Å²) in [6.45, 7) is 5.09. The van der Waals surface area contributed by atoms with E-state index >= 15 is 0 Å². The lowest BCUT2D eigenvalue weighted by atomic mass is 10.2. The summed E-state index contributed by atoms with van der Waals surface area (Å²) in [4.78, 5) is 26.8. The van der Waals surface area contributed by atoms with Gasteiger partial charge in [-0.05, 0) is 39.0 Å². The highest BCUT2D eigenvalue weighted by Crippen LogP contribution is 2.34. The molecule has 6 nitrogen and oxygen atoms in total. The number of aldehydes is 1. The number of pyridine rings is 1. The lowest BCUT2D eigenvalue weighted by Gasteiger charge is -2.20. The Morgan fingerprint density at radius 2 is 2.08 bits per heavy atom. The molecule has 0 radical (unpaired) electrons. The van der Waals surface area contributed by atoms with Crippen molar-refractivity contribution in [3.63, 3.8) is 0 Å². The number of ether oxygens (including phenoxy) is 2. The van der Waals surface area contributed by atoms with Gasteiger partial charge in [0, 0.05) is 11.8 Å². The number of benzene rings is 1. The second-order valence-corrected chi connectivity index (χ2v) is 6.43. The van der Waals surface area contributed by atoms with Crippen LogP contribution in [0.5, 0.6) is 11.6 Å². The predicted molar refractivity (Wildman–Crippen MR) is 91.0 cm³/mol. The molecule has 0 saturated heterocycles. The van der Waals surface area contributed by atoms with Crippen molar-refractivity contribution in [2.75, 3.05) is 5.32 Å². The van der Waals surface area contributed by atoms with Crippen molar-refractivity contribution in [3.05, 3.63) is 46.9 Å². The summed E-state index contributed by atoms with van der Waals surface area (Å²) in [5, 5.41) is 2.46. The molecule has 8 heteroatoms. The van der Waals surface area contributed by atoms with Crippen LogP contribution in [-0.4, -0.2) is 23.0 Å². The van der Waals surface area contributed by atoms with Crippen molar-refractivity contribution in [2.24, 2.45) is 0 Å². The quantitative estimate of drug-likeness (QED) is 0.784. The molecular formula is C17H16ClFN2O4. The van der Waals surface area contributed by atoms with Crippen LogP contribution in [0.2, 0.25) is 5.02 Å². The molecule has 132 valence electrons. The molecule has 2 aromatic rings. The number of rotatable bonds is 4. The van der Waals surface area contributed by atoms with Crippen LogP contribution in [-0.2, 0) is 4.74 Å². The van der Waals surface area contributed by atoms with E-state index < -0.39 is 17.5 Å². The Kier molecular flexibility index (Phi) is 5.58. The molecule has 0 saturated carbocycles. The third kappa shape index (κ3) is 5.15. The SMILES string of the molecule is CC(C)(C)OC(=O)Nc1cc(C=O)cnc1Oc1c(F)cccc1Cl. The maximum absolute atomic E-state index is 13.9. The van der Waals surface area contributed by atoms with Crippen LogP contribution in [0.4, 0.5) is 14.9 Å². The number of amides is 1. The van der Waals surface area contributed by atoms with E-state index in [9.17, 15) is 14.0 Å². The minimum atomic E-state index is -0.776. The number of hydrogen-bond donors (Lipinski definition) is 1. The first-order chi connectivity index (χ1) is 11.7. The molecule has 0 aliphatic heterocycles. The molecule has 0 bridgehead atoms. The van der Waals surface area contributed by atoms with Gasteiger partial charge in [-0.1, -0.05) is 17.7 Å². The number of nitrogens with zero attached hydrogens (tertiary/aromatic N) is 1. The monoisotopic (exact) mass is 366 g/mol. The molecule has 0 atom stereocenters. The number of nitrogens with one attached hydrogen (secondary N) is 1. The van der Waals surface area contributed by atoms with Crippen LogP contribution in [0.3, 0.4) is 0 Å². The Bertz CT molecular complexity index is 785. The third-order valence-corrected chi connectivity index (χ3v) is 3.06. The molecule has 0 spiro atoms. The van der Waals surface area contributed by atoms with Gasteiger partial charge in [0.05, 0.1) is 5.02 Å². The van der Waals surface area contributed by atoms with E-state index in [1.165, 1.54) is 30.5 Å². The molecule has 0 aliphatic carbocycles. The topological polar surface area (TPSA) is 77.5 Å². The van der Waals surface area contributed by atoms with Gasteiger partial charge >= 0.3 is 6.09 Å². The largest absolute Gasteiger partial charge is 0.444 e. The smallest absolute Gasteiger partial charge is 0.412 e. The minimum Gasteiger partial charge on any atom is -0.444 e. The summed E-state index contributed by atoms with van der Waals surface area (Å²) in [5.41, 5.74) is -0.494. The lowest BCUT2D eigenvalue weighted by molar-refractivity contribution is 0.0635. The molecule has 2 rings (SSSR count). The summed E-state index contributed by atoms with van der Waals surface area (Å²) < 4.78 is 24.4. The van der Waals surface area contributed by atoms with Gasteiger partial charge in [-0.15, -0.1) is 0 Å². The first kappa shape index (κ1) is 18.7. The maximum atomic E-state index is 13.9. The van der Waals surface area contributed by atoms with Gasteiger partial charge in [0.25, 0.3) is 0 Å². The average Bonchev–Trinajstić information content (AvgIpc) is 2.50. The van der Waals surface area contributed by atoms with Gasteiger partial charge in [-0.2, -0.15) is 0 Å². The van der Waals surface area contributed by atoms with Crippen molar-refractivity contribution in [2.45, 2.75) is 26.4 Å². The molecule has 25 heavy (non-hydrogen) atoms. The van der Waals surface area contributed by atoms with Crippen molar-refractivity contribution >= 4 is 29.7 Å². The molecule has 1 amide bonds. The van der Waals surface area contributed by atoms with Crippen LogP contribution in [0.1, 0.15) is 31.1 Å². The first-order valence-electron chi connectivity index (χ1n) is 7.26.